The van der Waals surface area contributed by atoms with E-state index in [0.29, 0.717) is 22.8 Å². The highest BCUT2D eigenvalue weighted by Crippen LogP contribution is 2.20. The Morgan fingerprint density at radius 2 is 1.93 bits per heavy atom. The number of aryl methyl sites for hydroxylation is 1. The van der Waals surface area contributed by atoms with Gasteiger partial charge in [0.25, 0.3) is 5.91 Å². The molecule has 0 radical (unpaired) electrons. The molecule has 0 aliphatic rings. The van der Waals surface area contributed by atoms with Crippen LogP contribution in [0.15, 0.2) is 36.4 Å². The van der Waals surface area contributed by atoms with Gasteiger partial charge in [0.15, 0.2) is 6.54 Å². The summed E-state index contributed by atoms with van der Waals surface area (Å²) in [7, 11) is 0. The third kappa shape index (κ3) is 6.51. The molecule has 0 saturated heterocycles. The quantitative estimate of drug-likeness (QED) is 0.684. The zero-order valence-corrected chi connectivity index (χ0v) is 17.4. The van der Waals surface area contributed by atoms with Gasteiger partial charge in [-0.1, -0.05) is 17.7 Å². The van der Waals surface area contributed by atoms with Crippen LogP contribution in [0.1, 0.15) is 31.0 Å². The Labute approximate surface area is 174 Å². The van der Waals surface area contributed by atoms with Crippen molar-refractivity contribution in [2.45, 2.75) is 26.8 Å². The fraction of sp³-hybridized carbons (Fsp3) is 0.333. The minimum Gasteiger partial charge on any atom is -0.332 e. The lowest BCUT2D eigenvalue weighted by Crippen LogP contribution is -2.87. The van der Waals surface area contributed by atoms with Gasteiger partial charge in [-0.2, -0.15) is 0 Å². The van der Waals surface area contributed by atoms with E-state index in [1.165, 1.54) is 17.0 Å². The molecule has 5 nitrogen and oxygen atoms in total. The lowest BCUT2D eigenvalue weighted by Gasteiger charge is -2.21. The number of anilines is 1. The van der Waals surface area contributed by atoms with Gasteiger partial charge in [-0.3, -0.25) is 9.59 Å². The molecular formula is C21H25ClF2N3O2+. The molecular weight excluding hydrogens is 400 g/mol. The third-order valence-electron chi connectivity index (χ3n) is 4.64. The summed E-state index contributed by atoms with van der Waals surface area (Å²) >= 11 is 5.96. The largest absolute Gasteiger partial charge is 0.332 e. The fourth-order valence-corrected chi connectivity index (χ4v) is 3.04. The van der Waals surface area contributed by atoms with E-state index in [4.69, 9.17) is 11.6 Å². The van der Waals surface area contributed by atoms with E-state index in [0.717, 1.165) is 11.6 Å². The van der Waals surface area contributed by atoms with Crippen LogP contribution in [0, 0.1) is 18.6 Å². The molecule has 2 amide bonds. The first kappa shape index (κ1) is 22.8. The molecule has 2 aromatic carbocycles. The van der Waals surface area contributed by atoms with Crippen LogP contribution in [0.25, 0.3) is 0 Å². The van der Waals surface area contributed by atoms with Gasteiger partial charge in [-0.05, 0) is 50.6 Å². The first-order valence-corrected chi connectivity index (χ1v) is 9.71. The van der Waals surface area contributed by atoms with Gasteiger partial charge in [0, 0.05) is 28.9 Å². The predicted octanol–water partition coefficient (Wildman–Crippen LogP) is 3.04. The average Bonchev–Trinajstić information content (AvgIpc) is 2.66. The maximum atomic E-state index is 13.9. The minimum atomic E-state index is -0.648. The lowest BCUT2D eigenvalue weighted by molar-refractivity contribution is -0.683. The summed E-state index contributed by atoms with van der Waals surface area (Å²) in [5, 5.41) is 4.92. The number of likely N-dealkylation sites (N-methyl/N-ethyl adjacent to an activating group) is 1. The Balaban J connectivity index is 1.92. The molecule has 29 heavy (non-hydrogen) atoms. The predicted molar refractivity (Wildman–Crippen MR) is 109 cm³/mol. The Morgan fingerprint density at radius 1 is 1.21 bits per heavy atom. The Kier molecular flexibility index (Phi) is 8.10. The molecule has 0 saturated carbocycles. The van der Waals surface area contributed by atoms with Crippen LogP contribution < -0.4 is 10.6 Å². The molecule has 0 spiro atoms. The van der Waals surface area contributed by atoms with Gasteiger partial charge >= 0.3 is 0 Å². The standard InChI is InChI=1S/C21H24ClF2N3O2/c1-4-27(12-20(28)26-19-9-15(22)6-5-13(19)2)21(29)11-25-14(3)17-8-7-16(23)10-18(17)24/h5-10,14,25H,4,11-12H2,1-3H3,(H,26,28)/p+1/t14-/m0/s1. The van der Waals surface area contributed by atoms with E-state index in [-0.39, 0.29) is 30.9 Å². The second-order valence-electron chi connectivity index (χ2n) is 6.81. The molecule has 0 fully saturated rings. The first-order valence-electron chi connectivity index (χ1n) is 9.33. The normalized spacial score (nSPS) is 11.8. The summed E-state index contributed by atoms with van der Waals surface area (Å²) in [5.41, 5.74) is 1.77. The van der Waals surface area contributed by atoms with E-state index in [1.807, 2.05) is 6.92 Å². The van der Waals surface area contributed by atoms with Crippen molar-refractivity contribution in [3.8, 4) is 0 Å². The zero-order valence-electron chi connectivity index (χ0n) is 16.6. The van der Waals surface area contributed by atoms with Crippen LogP contribution in [0.3, 0.4) is 0 Å². The number of amides is 2. The summed E-state index contributed by atoms with van der Waals surface area (Å²) < 4.78 is 26.9. The lowest BCUT2D eigenvalue weighted by atomic mass is 10.1. The SMILES string of the molecule is CCN(CC(=O)Nc1cc(Cl)ccc1C)C(=O)C[NH2+][C@@H](C)c1ccc(F)cc1F. The second-order valence-corrected chi connectivity index (χ2v) is 7.25. The van der Waals surface area contributed by atoms with Crippen molar-refractivity contribution >= 4 is 29.1 Å². The number of benzene rings is 2. The molecule has 0 heterocycles. The van der Waals surface area contributed by atoms with Crippen LogP contribution >= 0.6 is 11.6 Å². The summed E-state index contributed by atoms with van der Waals surface area (Å²) in [6.07, 6.45) is 0. The number of hydrogen-bond acceptors (Lipinski definition) is 2. The number of carbonyl (C=O) groups is 2. The number of carbonyl (C=O) groups excluding carboxylic acids is 2. The van der Waals surface area contributed by atoms with Gasteiger partial charge in [-0.25, -0.2) is 8.78 Å². The van der Waals surface area contributed by atoms with E-state index < -0.39 is 11.6 Å². The average molecular weight is 425 g/mol. The smallest absolute Gasteiger partial charge is 0.278 e. The topological polar surface area (TPSA) is 66.0 Å². The number of rotatable bonds is 8. The molecule has 0 unspecified atom stereocenters. The molecule has 8 heteroatoms. The van der Waals surface area contributed by atoms with Crippen molar-refractivity contribution in [3.05, 3.63) is 64.2 Å². The monoisotopic (exact) mass is 424 g/mol. The van der Waals surface area contributed by atoms with Crippen molar-refractivity contribution in [2.24, 2.45) is 0 Å². The summed E-state index contributed by atoms with van der Waals surface area (Å²) in [5.74, 6) is -1.87. The van der Waals surface area contributed by atoms with Crippen molar-refractivity contribution < 1.29 is 23.7 Å². The highest BCUT2D eigenvalue weighted by Gasteiger charge is 2.20. The third-order valence-corrected chi connectivity index (χ3v) is 4.88. The van der Waals surface area contributed by atoms with E-state index in [9.17, 15) is 18.4 Å². The number of nitrogens with two attached hydrogens (primary N) is 1. The number of nitrogens with one attached hydrogen (secondary N) is 1. The number of halogens is 3. The summed E-state index contributed by atoms with van der Waals surface area (Å²) in [6, 6.07) is 8.18. The van der Waals surface area contributed by atoms with Crippen LogP contribution in [-0.2, 0) is 9.59 Å². The fourth-order valence-electron chi connectivity index (χ4n) is 2.87. The van der Waals surface area contributed by atoms with Gasteiger partial charge in [0.2, 0.25) is 5.91 Å². The molecule has 3 N–H and O–H groups in total. The highest BCUT2D eigenvalue weighted by molar-refractivity contribution is 6.31. The van der Waals surface area contributed by atoms with Crippen LogP contribution in [0.4, 0.5) is 14.5 Å². The molecule has 0 aliphatic heterocycles. The molecule has 2 aromatic rings. The maximum absolute atomic E-state index is 13.9. The van der Waals surface area contributed by atoms with Crippen molar-refractivity contribution in [1.82, 2.24) is 4.90 Å². The van der Waals surface area contributed by atoms with E-state index >= 15 is 0 Å². The highest BCUT2D eigenvalue weighted by atomic mass is 35.5. The molecule has 156 valence electrons. The van der Waals surface area contributed by atoms with E-state index in [2.05, 4.69) is 5.32 Å². The van der Waals surface area contributed by atoms with Crippen LogP contribution in [-0.4, -0.2) is 36.3 Å². The summed E-state index contributed by atoms with van der Waals surface area (Å²) in [6.45, 7) is 5.64. The van der Waals surface area contributed by atoms with Crippen molar-refractivity contribution in [3.63, 3.8) is 0 Å². The minimum absolute atomic E-state index is 0.0370. The first-order chi connectivity index (χ1) is 13.7. The number of hydrogen-bond donors (Lipinski definition) is 2. The molecule has 0 bridgehead atoms. The Hall–Kier alpha value is -2.51. The van der Waals surface area contributed by atoms with Crippen molar-refractivity contribution in [2.75, 3.05) is 25.0 Å². The van der Waals surface area contributed by atoms with Crippen LogP contribution in [0.2, 0.25) is 5.02 Å². The number of nitrogens with zero attached hydrogens (tertiary/aromatic N) is 1. The number of quaternary nitrogens is 1. The zero-order chi connectivity index (χ0) is 21.6. The summed E-state index contributed by atoms with van der Waals surface area (Å²) in [4.78, 5) is 26.3. The Bertz CT molecular complexity index is 892. The molecule has 2 rings (SSSR count). The van der Waals surface area contributed by atoms with Gasteiger partial charge < -0.3 is 15.5 Å². The molecule has 1 atom stereocenters. The maximum Gasteiger partial charge on any atom is 0.278 e. The second kappa shape index (κ2) is 10.3. The molecule has 0 aliphatic carbocycles. The van der Waals surface area contributed by atoms with Gasteiger partial charge in [-0.15, -0.1) is 0 Å². The van der Waals surface area contributed by atoms with Crippen LogP contribution in [0.5, 0.6) is 0 Å². The van der Waals surface area contributed by atoms with Gasteiger partial charge in [0.1, 0.15) is 24.2 Å². The van der Waals surface area contributed by atoms with E-state index in [1.54, 1.807) is 37.4 Å². The van der Waals surface area contributed by atoms with Gasteiger partial charge in [0.05, 0.1) is 0 Å². The Morgan fingerprint density at radius 3 is 2.59 bits per heavy atom. The molecule has 0 aromatic heterocycles. The van der Waals surface area contributed by atoms with Crippen molar-refractivity contribution in [1.29, 1.82) is 0 Å².